The lowest BCUT2D eigenvalue weighted by Crippen LogP contribution is -2.31. The van der Waals surface area contributed by atoms with Crippen LogP contribution in [0.2, 0.25) is 0 Å². The zero-order chi connectivity index (χ0) is 18.1. The number of aromatic nitrogens is 3. The summed E-state index contributed by atoms with van der Waals surface area (Å²) in [5, 5.41) is 0. The van der Waals surface area contributed by atoms with Crippen molar-refractivity contribution in [2.24, 2.45) is 0 Å². The van der Waals surface area contributed by atoms with Gasteiger partial charge in [0.25, 0.3) is 0 Å². The Labute approximate surface area is 161 Å². The highest BCUT2D eigenvalue weighted by Crippen LogP contribution is 2.38. The summed E-state index contributed by atoms with van der Waals surface area (Å²) in [5.74, 6) is 2.52. The van der Waals surface area contributed by atoms with Gasteiger partial charge in [0.1, 0.15) is 11.9 Å². The molecule has 2 aromatic heterocycles. The molecule has 0 bridgehead atoms. The Morgan fingerprint density at radius 2 is 1.96 bits per heavy atom. The minimum atomic E-state index is 0.337. The maximum Gasteiger partial charge on any atom is 0.218 e. The van der Waals surface area contributed by atoms with E-state index in [0.29, 0.717) is 12.0 Å². The van der Waals surface area contributed by atoms with Crippen molar-refractivity contribution in [3.63, 3.8) is 0 Å². The van der Waals surface area contributed by atoms with Gasteiger partial charge in [0, 0.05) is 61.2 Å². The molecule has 0 atom stereocenters. The summed E-state index contributed by atoms with van der Waals surface area (Å²) in [5.41, 5.74) is 3.74. The molecule has 0 amide bonds. The van der Waals surface area contributed by atoms with Crippen LogP contribution < -0.4 is 4.74 Å². The Kier molecular flexibility index (Phi) is 4.78. The van der Waals surface area contributed by atoms with E-state index in [0.717, 1.165) is 50.6 Å². The molecule has 5 heteroatoms. The molecule has 2 aliphatic carbocycles. The molecular formula is C22H28N4O. The molecule has 5 rings (SSSR count). The molecule has 2 fully saturated rings. The third-order valence-corrected chi connectivity index (χ3v) is 6.05. The lowest BCUT2D eigenvalue weighted by Gasteiger charge is -2.29. The smallest absolute Gasteiger partial charge is 0.218 e. The molecule has 5 nitrogen and oxygen atoms in total. The zero-order valence-corrected chi connectivity index (χ0v) is 15.9. The monoisotopic (exact) mass is 364 g/mol. The number of hydrogen-bond donors (Lipinski definition) is 0. The number of ether oxygens (including phenoxy) is 1. The first kappa shape index (κ1) is 17.1. The van der Waals surface area contributed by atoms with Crippen molar-refractivity contribution in [2.45, 2.75) is 76.5 Å². The molecule has 142 valence electrons. The van der Waals surface area contributed by atoms with E-state index in [4.69, 9.17) is 9.72 Å². The van der Waals surface area contributed by atoms with Gasteiger partial charge in [0.05, 0.1) is 0 Å². The van der Waals surface area contributed by atoms with Crippen LogP contribution in [0, 0.1) is 0 Å². The highest BCUT2D eigenvalue weighted by molar-refractivity contribution is 5.27. The van der Waals surface area contributed by atoms with Gasteiger partial charge in [-0.25, -0.2) is 15.0 Å². The van der Waals surface area contributed by atoms with E-state index in [1.807, 2.05) is 12.3 Å². The van der Waals surface area contributed by atoms with E-state index < -0.39 is 0 Å². The molecule has 0 radical (unpaired) electrons. The molecule has 0 aromatic carbocycles. The van der Waals surface area contributed by atoms with Crippen molar-refractivity contribution >= 4 is 0 Å². The van der Waals surface area contributed by atoms with Crippen LogP contribution in [0.1, 0.15) is 73.5 Å². The van der Waals surface area contributed by atoms with Crippen LogP contribution in [0.4, 0.5) is 0 Å². The number of nitrogens with zero attached hydrogens (tertiary/aromatic N) is 4. The van der Waals surface area contributed by atoms with Gasteiger partial charge in [-0.15, -0.1) is 0 Å². The van der Waals surface area contributed by atoms with Crippen molar-refractivity contribution in [3.05, 3.63) is 47.2 Å². The van der Waals surface area contributed by atoms with Crippen LogP contribution in [0.25, 0.3) is 0 Å². The second kappa shape index (κ2) is 7.55. The van der Waals surface area contributed by atoms with Crippen LogP contribution in [-0.2, 0) is 19.5 Å². The first-order chi connectivity index (χ1) is 13.3. The lowest BCUT2D eigenvalue weighted by atomic mass is 9.98. The molecule has 0 saturated heterocycles. The Balaban J connectivity index is 1.27. The molecular weight excluding hydrogens is 336 g/mol. The van der Waals surface area contributed by atoms with Gasteiger partial charge >= 0.3 is 0 Å². The average Bonchev–Trinajstić information content (AvgIpc) is 3.55. The van der Waals surface area contributed by atoms with E-state index in [9.17, 15) is 0 Å². The Hall–Kier alpha value is -2.01. The van der Waals surface area contributed by atoms with Crippen LogP contribution >= 0.6 is 0 Å². The van der Waals surface area contributed by atoms with Crippen LogP contribution in [0.15, 0.2) is 24.5 Å². The number of fused-ring (bicyclic) bond motifs is 1. The van der Waals surface area contributed by atoms with Crippen molar-refractivity contribution in [2.75, 3.05) is 6.54 Å². The molecule has 2 saturated carbocycles. The first-order valence-electron chi connectivity index (χ1n) is 10.5. The molecule has 2 aromatic rings. The van der Waals surface area contributed by atoms with E-state index >= 15 is 0 Å². The standard InChI is InChI=1S/C22H28N4O/c1-2-6-19(7-3-1)27-22-17(5-4-11-23-22)14-26-12-10-20-18(15-26)13-24-21(25-20)16-8-9-16/h4-5,11,13,16,19H,1-3,6-10,12,14-15H2. The quantitative estimate of drug-likeness (QED) is 0.802. The number of hydrogen-bond acceptors (Lipinski definition) is 5. The summed E-state index contributed by atoms with van der Waals surface area (Å²) in [6.45, 7) is 2.82. The van der Waals surface area contributed by atoms with Crippen LogP contribution in [0.3, 0.4) is 0 Å². The summed E-state index contributed by atoms with van der Waals surface area (Å²) in [6.07, 6.45) is 14.0. The van der Waals surface area contributed by atoms with E-state index in [1.165, 1.54) is 48.9 Å². The zero-order valence-electron chi connectivity index (χ0n) is 15.9. The van der Waals surface area contributed by atoms with Gasteiger partial charge in [-0.3, -0.25) is 4.90 Å². The number of pyridine rings is 1. The van der Waals surface area contributed by atoms with Crippen molar-refractivity contribution < 1.29 is 4.74 Å². The van der Waals surface area contributed by atoms with Gasteiger partial charge in [0.15, 0.2) is 0 Å². The van der Waals surface area contributed by atoms with Gasteiger partial charge in [0.2, 0.25) is 5.88 Å². The fourth-order valence-corrected chi connectivity index (χ4v) is 4.30. The number of rotatable bonds is 5. The average molecular weight is 364 g/mol. The Morgan fingerprint density at radius 1 is 1.07 bits per heavy atom. The third-order valence-electron chi connectivity index (χ3n) is 6.05. The van der Waals surface area contributed by atoms with E-state index in [2.05, 4.69) is 27.1 Å². The van der Waals surface area contributed by atoms with Gasteiger partial charge in [-0.05, 0) is 44.6 Å². The molecule has 0 spiro atoms. The van der Waals surface area contributed by atoms with Crippen molar-refractivity contribution in [3.8, 4) is 5.88 Å². The van der Waals surface area contributed by atoms with Crippen LogP contribution in [-0.4, -0.2) is 32.5 Å². The molecule has 3 aliphatic rings. The van der Waals surface area contributed by atoms with Crippen molar-refractivity contribution in [1.29, 1.82) is 0 Å². The minimum absolute atomic E-state index is 0.337. The topological polar surface area (TPSA) is 51.1 Å². The second-order valence-corrected chi connectivity index (χ2v) is 8.28. The minimum Gasteiger partial charge on any atom is -0.474 e. The predicted molar refractivity (Wildman–Crippen MR) is 104 cm³/mol. The molecule has 27 heavy (non-hydrogen) atoms. The second-order valence-electron chi connectivity index (χ2n) is 8.28. The van der Waals surface area contributed by atoms with E-state index in [1.54, 1.807) is 0 Å². The van der Waals surface area contributed by atoms with Crippen LogP contribution in [0.5, 0.6) is 5.88 Å². The summed E-state index contributed by atoms with van der Waals surface area (Å²) in [6, 6.07) is 4.18. The largest absolute Gasteiger partial charge is 0.474 e. The maximum atomic E-state index is 6.28. The fraction of sp³-hybridized carbons (Fsp3) is 0.591. The van der Waals surface area contributed by atoms with Crippen molar-refractivity contribution in [1.82, 2.24) is 19.9 Å². The van der Waals surface area contributed by atoms with Gasteiger partial charge < -0.3 is 4.74 Å². The summed E-state index contributed by atoms with van der Waals surface area (Å²) < 4.78 is 6.28. The maximum absolute atomic E-state index is 6.28. The first-order valence-corrected chi connectivity index (χ1v) is 10.5. The molecule has 0 N–H and O–H groups in total. The van der Waals surface area contributed by atoms with Gasteiger partial charge in [-0.1, -0.05) is 12.5 Å². The van der Waals surface area contributed by atoms with E-state index in [-0.39, 0.29) is 0 Å². The lowest BCUT2D eigenvalue weighted by molar-refractivity contribution is 0.143. The normalized spacial score (nSPS) is 21.0. The molecule has 0 unspecified atom stereocenters. The third kappa shape index (κ3) is 3.98. The summed E-state index contributed by atoms with van der Waals surface area (Å²) in [4.78, 5) is 16.5. The predicted octanol–water partition coefficient (Wildman–Crippen LogP) is 4.02. The fourth-order valence-electron chi connectivity index (χ4n) is 4.30. The molecule has 3 heterocycles. The summed E-state index contributed by atoms with van der Waals surface area (Å²) >= 11 is 0. The summed E-state index contributed by atoms with van der Waals surface area (Å²) in [7, 11) is 0. The Morgan fingerprint density at radius 3 is 2.81 bits per heavy atom. The Bertz CT molecular complexity index is 799. The highest BCUT2D eigenvalue weighted by atomic mass is 16.5. The molecule has 1 aliphatic heterocycles. The SMILES string of the molecule is c1cnc(OC2CCCCC2)c(CN2CCc3nc(C4CC4)ncc3C2)c1. The van der Waals surface area contributed by atoms with Gasteiger partial charge in [-0.2, -0.15) is 0 Å². The highest BCUT2D eigenvalue weighted by Gasteiger charge is 2.28.